The van der Waals surface area contributed by atoms with Gasteiger partial charge in [0, 0.05) is 21.3 Å². The van der Waals surface area contributed by atoms with Gasteiger partial charge in [-0.05, 0) is 37.5 Å². The van der Waals surface area contributed by atoms with E-state index in [0.717, 1.165) is 31.0 Å². The fourth-order valence-electron chi connectivity index (χ4n) is 3.99. The van der Waals surface area contributed by atoms with Crippen LogP contribution in [0.2, 0.25) is 0 Å². The summed E-state index contributed by atoms with van der Waals surface area (Å²) in [6.45, 7) is 1.80. The Morgan fingerprint density at radius 3 is 2.50 bits per heavy atom. The number of nitrogens with zero attached hydrogens (tertiary/aromatic N) is 2. The monoisotopic (exact) mass is 568 g/mol. The fourth-order valence-corrected chi connectivity index (χ4v) is 7.02. The van der Waals surface area contributed by atoms with E-state index >= 15 is 0 Å². The number of hydrogen-bond acceptors (Lipinski definition) is 8. The van der Waals surface area contributed by atoms with Gasteiger partial charge in [-0.1, -0.05) is 42.2 Å². The summed E-state index contributed by atoms with van der Waals surface area (Å²) in [6.07, 6.45) is 2.78. The predicted molar refractivity (Wildman–Crippen MR) is 148 cm³/mol. The van der Waals surface area contributed by atoms with Crippen molar-refractivity contribution in [1.29, 1.82) is 0 Å². The van der Waals surface area contributed by atoms with Gasteiger partial charge in [0.15, 0.2) is 0 Å². The molecule has 5 rings (SSSR count). The van der Waals surface area contributed by atoms with Gasteiger partial charge in [0.2, 0.25) is 15.9 Å². The summed E-state index contributed by atoms with van der Waals surface area (Å²) in [5.74, 6) is 6.16. The van der Waals surface area contributed by atoms with Crippen LogP contribution in [0.5, 0.6) is 0 Å². The molecule has 12 heteroatoms. The van der Waals surface area contributed by atoms with E-state index in [-0.39, 0.29) is 0 Å². The van der Waals surface area contributed by atoms with Crippen molar-refractivity contribution in [2.75, 3.05) is 11.6 Å². The molecule has 2 N–H and O–H groups in total. The van der Waals surface area contributed by atoms with Gasteiger partial charge in [0.05, 0.1) is 28.3 Å². The van der Waals surface area contributed by atoms with Crippen LogP contribution < -0.4 is 10.0 Å². The highest BCUT2D eigenvalue weighted by molar-refractivity contribution is 7.89. The van der Waals surface area contributed by atoms with Crippen LogP contribution in [0.4, 0.5) is 10.6 Å². The maximum absolute atomic E-state index is 12.6. The summed E-state index contributed by atoms with van der Waals surface area (Å²) in [5.41, 5.74) is 0.669. The maximum Gasteiger partial charge on any atom is 0.413 e. The molecule has 9 nitrogen and oxygen atoms in total. The number of anilines is 1. The Morgan fingerprint density at radius 2 is 1.84 bits per heavy atom. The highest BCUT2D eigenvalue weighted by Crippen LogP contribution is 2.52. The predicted octanol–water partition coefficient (Wildman–Crippen LogP) is 4.51. The Balaban J connectivity index is 1.29. The molecule has 0 spiro atoms. The topological polar surface area (TPSA) is 119 Å². The molecule has 1 saturated carbocycles. The van der Waals surface area contributed by atoms with E-state index in [1.165, 1.54) is 27.4 Å². The molecule has 3 heterocycles. The van der Waals surface area contributed by atoms with E-state index in [2.05, 4.69) is 27.0 Å². The summed E-state index contributed by atoms with van der Waals surface area (Å²) in [6, 6.07) is 13.4. The Hall–Kier alpha value is -3.66. The zero-order valence-corrected chi connectivity index (χ0v) is 23.2. The normalized spacial score (nSPS) is 14.8. The Bertz CT molecular complexity index is 1670. The molecule has 0 radical (unpaired) electrons. The number of benzene rings is 1. The average molecular weight is 569 g/mol. The van der Waals surface area contributed by atoms with Crippen LogP contribution >= 0.6 is 22.7 Å². The minimum absolute atomic E-state index is 0.421. The maximum atomic E-state index is 12.6. The second-order valence-corrected chi connectivity index (χ2v) is 13.0. The second kappa shape index (κ2) is 9.90. The van der Waals surface area contributed by atoms with Gasteiger partial charge in [0.1, 0.15) is 11.9 Å². The molecular weight excluding hydrogens is 545 g/mol. The van der Waals surface area contributed by atoms with Crippen LogP contribution in [0.15, 0.2) is 48.7 Å². The zero-order valence-electron chi connectivity index (χ0n) is 20.8. The highest BCUT2D eigenvalue weighted by atomic mass is 32.2. The Morgan fingerprint density at radius 1 is 1.13 bits per heavy atom. The zero-order chi connectivity index (χ0) is 27.1. The molecule has 4 aromatic rings. The number of rotatable bonds is 6. The lowest BCUT2D eigenvalue weighted by atomic mass is 10.1. The first-order valence-electron chi connectivity index (χ1n) is 11.7. The van der Waals surface area contributed by atoms with Crippen molar-refractivity contribution in [2.24, 2.45) is 7.05 Å². The number of hydrogen-bond donors (Lipinski definition) is 2. The van der Waals surface area contributed by atoms with Crippen LogP contribution in [0.25, 0.3) is 9.40 Å². The van der Waals surface area contributed by atoms with Gasteiger partial charge in [-0.3, -0.25) is 19.5 Å². The van der Waals surface area contributed by atoms with Gasteiger partial charge in [-0.25, -0.2) is 13.2 Å². The molecule has 3 aromatic heterocycles. The van der Waals surface area contributed by atoms with Gasteiger partial charge in [-0.15, -0.1) is 22.7 Å². The van der Waals surface area contributed by atoms with Gasteiger partial charge in [0.25, 0.3) is 0 Å². The van der Waals surface area contributed by atoms with E-state index in [1.54, 1.807) is 20.2 Å². The third-order valence-electron chi connectivity index (χ3n) is 6.17. The molecule has 38 heavy (non-hydrogen) atoms. The van der Waals surface area contributed by atoms with Gasteiger partial charge in [-0.2, -0.15) is 5.10 Å². The van der Waals surface area contributed by atoms with Crippen molar-refractivity contribution >= 4 is 59.9 Å². The standard InChI is InChI=1S/C26H24N4O5S3/c1-16(17-7-5-4-6-8-17)35-25(32)28-23-18(15-27-30(23)2)9-10-19-13-20-21(36-19)14-22(37-20)26(11-12-26)24(31)29-38(3,33)34/h4-8,13-16H,11-12H2,1-3H3,(H,28,32)(H,29,31)/t16-/m1/s1. The number of aryl methyl sites for hydroxylation is 1. The minimum Gasteiger partial charge on any atom is -0.441 e. The lowest BCUT2D eigenvalue weighted by molar-refractivity contribution is -0.121. The summed E-state index contributed by atoms with van der Waals surface area (Å²) in [7, 11) is -1.91. The van der Waals surface area contributed by atoms with E-state index in [4.69, 9.17) is 4.74 Å². The molecule has 0 unspecified atom stereocenters. The number of amides is 2. The second-order valence-electron chi connectivity index (χ2n) is 9.10. The number of nitrogens with one attached hydrogen (secondary N) is 2. The number of fused-ring (bicyclic) bond motifs is 1. The molecule has 0 bridgehead atoms. The van der Waals surface area contributed by atoms with E-state index in [0.29, 0.717) is 24.2 Å². The van der Waals surface area contributed by atoms with Gasteiger partial charge >= 0.3 is 6.09 Å². The Kier molecular flexibility index (Phi) is 6.77. The summed E-state index contributed by atoms with van der Waals surface area (Å²) in [5, 5.41) is 6.94. The highest BCUT2D eigenvalue weighted by Gasteiger charge is 2.53. The molecule has 1 fully saturated rings. The van der Waals surface area contributed by atoms with Crippen LogP contribution in [0, 0.1) is 11.8 Å². The quantitative estimate of drug-likeness (QED) is 0.330. The Labute approximate surface area is 227 Å². The lowest BCUT2D eigenvalue weighted by Crippen LogP contribution is -2.37. The van der Waals surface area contributed by atoms with Crippen molar-refractivity contribution in [3.05, 3.63) is 69.5 Å². The third-order valence-corrected chi connectivity index (χ3v) is 9.14. The first-order valence-corrected chi connectivity index (χ1v) is 15.2. The molecule has 1 aromatic carbocycles. The smallest absolute Gasteiger partial charge is 0.413 e. The first kappa shape index (κ1) is 26.0. The summed E-state index contributed by atoms with van der Waals surface area (Å²) >= 11 is 2.97. The molecule has 196 valence electrons. The number of carbonyl (C=O) groups is 2. The van der Waals surface area contributed by atoms with Crippen molar-refractivity contribution in [3.8, 4) is 11.8 Å². The average Bonchev–Trinajstić information content (AvgIpc) is 3.29. The van der Waals surface area contributed by atoms with E-state index in [9.17, 15) is 18.0 Å². The molecule has 0 saturated heterocycles. The van der Waals surface area contributed by atoms with Crippen LogP contribution in [-0.4, -0.2) is 36.5 Å². The number of carbonyl (C=O) groups excluding carboxylic acids is 2. The van der Waals surface area contributed by atoms with Crippen LogP contribution in [0.3, 0.4) is 0 Å². The van der Waals surface area contributed by atoms with Crippen molar-refractivity contribution in [3.63, 3.8) is 0 Å². The lowest BCUT2D eigenvalue weighted by Gasteiger charge is -2.14. The molecule has 1 aliphatic carbocycles. The molecule has 1 atom stereocenters. The van der Waals surface area contributed by atoms with Crippen molar-refractivity contribution in [1.82, 2.24) is 14.5 Å². The molecule has 2 amide bonds. The van der Waals surface area contributed by atoms with Crippen molar-refractivity contribution < 1.29 is 22.7 Å². The van der Waals surface area contributed by atoms with E-state index in [1.807, 2.05) is 42.5 Å². The minimum atomic E-state index is -3.61. The van der Waals surface area contributed by atoms with Crippen LogP contribution in [0.1, 0.15) is 46.8 Å². The number of thiophene rings is 2. The molecular formula is C26H24N4O5S3. The van der Waals surface area contributed by atoms with E-state index < -0.39 is 33.5 Å². The molecule has 1 aliphatic rings. The molecule has 0 aliphatic heterocycles. The fraction of sp³-hybridized carbons (Fsp3) is 0.269. The number of sulfonamides is 1. The van der Waals surface area contributed by atoms with Crippen molar-refractivity contribution in [2.45, 2.75) is 31.3 Å². The summed E-state index contributed by atoms with van der Waals surface area (Å²) in [4.78, 5) is 26.8. The first-order chi connectivity index (χ1) is 18.0. The van der Waals surface area contributed by atoms with Gasteiger partial charge < -0.3 is 4.74 Å². The van der Waals surface area contributed by atoms with Crippen LogP contribution in [-0.2, 0) is 32.0 Å². The number of ether oxygens (including phenoxy) is 1. The number of aromatic nitrogens is 2. The third kappa shape index (κ3) is 5.45. The summed E-state index contributed by atoms with van der Waals surface area (Å²) < 4.78 is 34.1. The SMILES string of the molecule is C[C@@H](OC(=O)Nc1c(C#Cc2cc3sc(C4(C(=O)NS(C)(=O)=O)CC4)cc3s2)cnn1C)c1ccccc1. The largest absolute Gasteiger partial charge is 0.441 e.